The van der Waals surface area contributed by atoms with Crippen molar-refractivity contribution in [3.63, 3.8) is 0 Å². The van der Waals surface area contributed by atoms with Gasteiger partial charge in [-0.3, -0.25) is 0 Å². The van der Waals surface area contributed by atoms with Crippen LogP contribution < -0.4 is 4.74 Å². The number of benzene rings is 3. The van der Waals surface area contributed by atoms with E-state index in [2.05, 4.69) is 0 Å². The largest absolute Gasteiger partial charge is 0.490 e. The molecule has 0 radical (unpaired) electrons. The van der Waals surface area contributed by atoms with Crippen LogP contribution in [-0.2, 0) is 12.8 Å². The maximum absolute atomic E-state index is 14.8. The molecule has 0 atom stereocenters. The Hall–Kier alpha value is -2.82. The van der Waals surface area contributed by atoms with Crippen LogP contribution in [0.4, 0.5) is 17.6 Å². The second-order valence-corrected chi connectivity index (χ2v) is 9.86. The molecule has 0 aliphatic heterocycles. The highest BCUT2D eigenvalue weighted by Crippen LogP contribution is 2.38. The molecule has 3 aromatic carbocycles. The zero-order chi connectivity index (χ0) is 25.7. The van der Waals surface area contributed by atoms with Crippen LogP contribution in [0.25, 0.3) is 11.1 Å². The van der Waals surface area contributed by atoms with Gasteiger partial charge in [0, 0.05) is 5.56 Å². The van der Waals surface area contributed by atoms with E-state index in [0.29, 0.717) is 36.0 Å². The fraction of sp³-hybridized carbons (Fsp3) is 0.419. The molecule has 0 saturated heterocycles. The number of ether oxygens (including phenoxy) is 1. The summed E-state index contributed by atoms with van der Waals surface area (Å²) in [5.74, 6) is -3.31. The molecule has 1 fully saturated rings. The Morgan fingerprint density at radius 2 is 1.47 bits per heavy atom. The summed E-state index contributed by atoms with van der Waals surface area (Å²) >= 11 is 0. The first-order valence-electron chi connectivity index (χ1n) is 13.1. The molecule has 0 spiro atoms. The zero-order valence-electron chi connectivity index (χ0n) is 21.1. The average Bonchev–Trinajstić information content (AvgIpc) is 2.91. The van der Waals surface area contributed by atoms with E-state index in [1.807, 2.05) is 26.0 Å². The molecule has 36 heavy (non-hydrogen) atoms. The highest BCUT2D eigenvalue weighted by atomic mass is 19.2. The van der Waals surface area contributed by atoms with Gasteiger partial charge in [-0.2, -0.15) is 4.39 Å². The van der Waals surface area contributed by atoms with Gasteiger partial charge >= 0.3 is 0 Å². The van der Waals surface area contributed by atoms with Crippen molar-refractivity contribution in [1.29, 1.82) is 0 Å². The molecule has 0 N–H and O–H groups in total. The zero-order valence-corrected chi connectivity index (χ0v) is 21.1. The van der Waals surface area contributed by atoms with Crippen LogP contribution >= 0.6 is 0 Å². The van der Waals surface area contributed by atoms with Crippen molar-refractivity contribution in [3.8, 4) is 16.9 Å². The van der Waals surface area contributed by atoms with Gasteiger partial charge in [-0.15, -0.1) is 0 Å². The van der Waals surface area contributed by atoms with E-state index in [1.165, 1.54) is 6.07 Å². The molecule has 0 aromatic heterocycles. The third kappa shape index (κ3) is 5.77. The first-order valence-corrected chi connectivity index (χ1v) is 13.1. The van der Waals surface area contributed by atoms with Gasteiger partial charge in [0.05, 0.1) is 6.61 Å². The van der Waals surface area contributed by atoms with E-state index >= 15 is 0 Å². The van der Waals surface area contributed by atoms with Gasteiger partial charge in [0.15, 0.2) is 23.2 Å². The van der Waals surface area contributed by atoms with E-state index < -0.39 is 23.3 Å². The lowest BCUT2D eigenvalue weighted by Gasteiger charge is -2.29. The summed E-state index contributed by atoms with van der Waals surface area (Å²) < 4.78 is 64.4. The minimum Gasteiger partial charge on any atom is -0.490 e. The topological polar surface area (TPSA) is 9.23 Å². The molecule has 1 saturated carbocycles. The van der Waals surface area contributed by atoms with Crippen LogP contribution in [0.1, 0.15) is 75.0 Å². The van der Waals surface area contributed by atoms with Gasteiger partial charge in [0.1, 0.15) is 0 Å². The van der Waals surface area contributed by atoms with Crippen molar-refractivity contribution in [2.45, 2.75) is 71.1 Å². The molecule has 5 heteroatoms. The predicted molar refractivity (Wildman–Crippen MR) is 136 cm³/mol. The van der Waals surface area contributed by atoms with E-state index in [4.69, 9.17) is 4.74 Å². The van der Waals surface area contributed by atoms with Crippen molar-refractivity contribution in [2.75, 3.05) is 6.61 Å². The molecule has 0 amide bonds. The Balaban J connectivity index is 1.34. The maximum atomic E-state index is 14.8. The van der Waals surface area contributed by atoms with E-state index in [9.17, 15) is 17.6 Å². The molecular formula is C31H34F4O. The van der Waals surface area contributed by atoms with Crippen molar-refractivity contribution >= 4 is 0 Å². The summed E-state index contributed by atoms with van der Waals surface area (Å²) in [6.07, 6.45) is 6.13. The Kier molecular flexibility index (Phi) is 8.71. The molecule has 4 rings (SSSR count). The van der Waals surface area contributed by atoms with Crippen LogP contribution in [0, 0.1) is 29.2 Å². The Labute approximate surface area is 211 Å². The molecular weight excluding hydrogens is 464 g/mol. The quantitative estimate of drug-likeness (QED) is 0.267. The van der Waals surface area contributed by atoms with Crippen molar-refractivity contribution < 1.29 is 22.3 Å². The van der Waals surface area contributed by atoms with Crippen LogP contribution in [0.5, 0.6) is 5.75 Å². The summed E-state index contributed by atoms with van der Waals surface area (Å²) in [5.41, 5.74) is 2.85. The van der Waals surface area contributed by atoms with Crippen LogP contribution in [0.3, 0.4) is 0 Å². The van der Waals surface area contributed by atoms with Gasteiger partial charge in [-0.1, -0.05) is 56.7 Å². The predicted octanol–water partition coefficient (Wildman–Crippen LogP) is 9.17. The Bertz CT molecular complexity index is 1160. The van der Waals surface area contributed by atoms with E-state index in [1.54, 1.807) is 30.3 Å². The third-order valence-electron chi connectivity index (χ3n) is 7.47. The molecule has 0 unspecified atom stereocenters. The van der Waals surface area contributed by atoms with Crippen molar-refractivity contribution in [2.24, 2.45) is 5.92 Å². The summed E-state index contributed by atoms with van der Waals surface area (Å²) in [5, 5.41) is 0. The normalized spacial score (nSPS) is 17.8. The minimum atomic E-state index is -0.985. The number of rotatable bonds is 9. The first-order chi connectivity index (χ1) is 17.4. The molecule has 3 aromatic rings. The molecule has 0 bridgehead atoms. The fourth-order valence-electron chi connectivity index (χ4n) is 5.11. The van der Waals surface area contributed by atoms with Crippen molar-refractivity contribution in [1.82, 2.24) is 0 Å². The highest BCUT2D eigenvalue weighted by molar-refractivity contribution is 5.65. The second-order valence-electron chi connectivity index (χ2n) is 9.86. The van der Waals surface area contributed by atoms with Gasteiger partial charge in [0.2, 0.25) is 5.82 Å². The monoisotopic (exact) mass is 498 g/mol. The van der Waals surface area contributed by atoms with E-state index in [0.717, 1.165) is 37.7 Å². The lowest BCUT2D eigenvalue weighted by molar-refractivity contribution is 0.192. The lowest BCUT2D eigenvalue weighted by atomic mass is 9.78. The van der Waals surface area contributed by atoms with Gasteiger partial charge in [-0.25, -0.2) is 13.2 Å². The number of hydrogen-bond donors (Lipinski definition) is 0. The van der Waals surface area contributed by atoms with Crippen LogP contribution in [0.2, 0.25) is 0 Å². The fourth-order valence-corrected chi connectivity index (χ4v) is 5.11. The summed E-state index contributed by atoms with van der Waals surface area (Å²) in [6, 6.07) is 13.9. The van der Waals surface area contributed by atoms with Gasteiger partial charge in [0.25, 0.3) is 0 Å². The van der Waals surface area contributed by atoms with E-state index in [-0.39, 0.29) is 29.8 Å². The highest BCUT2D eigenvalue weighted by Gasteiger charge is 2.27. The first kappa shape index (κ1) is 26.2. The third-order valence-corrected chi connectivity index (χ3v) is 7.47. The summed E-state index contributed by atoms with van der Waals surface area (Å²) in [7, 11) is 0. The van der Waals surface area contributed by atoms with Crippen molar-refractivity contribution in [3.05, 3.63) is 88.5 Å². The Morgan fingerprint density at radius 1 is 0.750 bits per heavy atom. The SMILES string of the molecule is CCCCc1ccc(C2CCC(COc3ccc(-c4ccc(CC)cc4)c(F)c3F)CC2)c(F)c1F. The summed E-state index contributed by atoms with van der Waals surface area (Å²) in [4.78, 5) is 0. The lowest BCUT2D eigenvalue weighted by Crippen LogP contribution is -2.20. The van der Waals surface area contributed by atoms with Crippen LogP contribution in [-0.4, -0.2) is 6.61 Å². The standard InChI is InChI=1S/C31H34F4O/c1-3-5-6-24-15-16-25(29(33)28(24)32)23-13-9-21(10-14-23)19-36-27-18-17-26(30(34)31(27)35)22-11-7-20(4-2)8-12-22/h7-8,11-12,15-18,21,23H,3-6,9-10,13-14,19H2,1-2H3. The Morgan fingerprint density at radius 3 is 2.14 bits per heavy atom. The molecule has 1 nitrogen and oxygen atoms in total. The maximum Gasteiger partial charge on any atom is 0.201 e. The van der Waals surface area contributed by atoms with Gasteiger partial charge in [-0.05, 0) is 91.2 Å². The number of halogens is 4. The smallest absolute Gasteiger partial charge is 0.201 e. The molecule has 192 valence electrons. The number of unbranched alkanes of at least 4 members (excludes halogenated alkanes) is 1. The van der Waals surface area contributed by atoms with Crippen LogP contribution in [0.15, 0.2) is 48.5 Å². The molecule has 0 heterocycles. The number of aryl methyl sites for hydroxylation is 2. The minimum absolute atomic E-state index is 0.0384. The molecule has 1 aliphatic carbocycles. The second kappa shape index (κ2) is 11.9. The average molecular weight is 499 g/mol. The summed E-state index contributed by atoms with van der Waals surface area (Å²) in [6.45, 7) is 4.33. The number of hydrogen-bond acceptors (Lipinski definition) is 1. The molecule has 1 aliphatic rings. The van der Waals surface area contributed by atoms with Gasteiger partial charge < -0.3 is 4.74 Å².